The van der Waals surface area contributed by atoms with Gasteiger partial charge >= 0.3 is 11.9 Å². The standard InChI is InChI=1S/C34H38N4O5/c1-7-20-17(3)23-13-24-19(5)22(9-10-31(39)40)28(37-24)16-30-34(12-11-32(41)43-34)33(6,42)29(38-30)15-27-21(8-2)18(4)25(36-27)14-26(20)35-23/h8,13-16,35-38,42H,2,7,9-12H2,1,3-6H3,(H,39,40)/b23-13-,26-14-,29-15-,30-16-. The quantitative estimate of drug-likeness (QED) is 0.254. The molecule has 2 atom stereocenters. The molecule has 2 fully saturated rings. The number of hydrogen-bond donors (Lipinski definition) is 6. The van der Waals surface area contributed by atoms with Gasteiger partial charge in [-0.2, -0.15) is 0 Å². The summed E-state index contributed by atoms with van der Waals surface area (Å²) >= 11 is 0. The molecule has 0 amide bonds. The minimum atomic E-state index is -1.57. The highest BCUT2D eigenvalue weighted by atomic mass is 16.6. The van der Waals surface area contributed by atoms with Crippen molar-refractivity contribution in [3.05, 3.63) is 84.8 Å². The zero-order chi connectivity index (χ0) is 30.8. The molecule has 6 heterocycles. The molecule has 3 aromatic heterocycles. The maximum absolute atomic E-state index is 12.6. The Labute approximate surface area is 249 Å². The van der Waals surface area contributed by atoms with Crippen molar-refractivity contribution < 1.29 is 24.5 Å². The topological polar surface area (TPSA) is 143 Å². The Morgan fingerprint density at radius 2 is 1.63 bits per heavy atom. The third-order valence-electron chi connectivity index (χ3n) is 9.56. The molecule has 6 N–H and O–H groups in total. The summed E-state index contributed by atoms with van der Waals surface area (Å²) in [6.07, 6.45) is 11.3. The summed E-state index contributed by atoms with van der Waals surface area (Å²) in [5.74, 6) is -1.27. The highest BCUT2D eigenvalue weighted by molar-refractivity contribution is 5.79. The minimum Gasteiger partial charge on any atom is -0.481 e. The van der Waals surface area contributed by atoms with Crippen molar-refractivity contribution in [2.24, 2.45) is 0 Å². The molecule has 2 unspecified atom stereocenters. The van der Waals surface area contributed by atoms with E-state index in [1.54, 1.807) is 13.0 Å². The minimum absolute atomic E-state index is 0.0377. The predicted octanol–water partition coefficient (Wildman–Crippen LogP) is 3.60. The van der Waals surface area contributed by atoms with Gasteiger partial charge in [0.1, 0.15) is 5.60 Å². The van der Waals surface area contributed by atoms with Gasteiger partial charge < -0.3 is 35.2 Å². The highest BCUT2D eigenvalue weighted by Crippen LogP contribution is 2.50. The number of H-pyrrole nitrogens is 3. The Morgan fingerprint density at radius 1 is 0.953 bits per heavy atom. The fourth-order valence-electron chi connectivity index (χ4n) is 6.94. The molecule has 0 saturated carbocycles. The van der Waals surface area contributed by atoms with Gasteiger partial charge in [0, 0.05) is 58.3 Å². The second kappa shape index (κ2) is 10.1. The molecule has 9 nitrogen and oxygen atoms in total. The van der Waals surface area contributed by atoms with Crippen molar-refractivity contribution >= 4 is 42.3 Å². The molecule has 2 saturated heterocycles. The fraction of sp³-hybridized carbons (Fsp3) is 0.353. The third kappa shape index (κ3) is 4.33. The van der Waals surface area contributed by atoms with Gasteiger partial charge in [-0.1, -0.05) is 19.6 Å². The molecule has 43 heavy (non-hydrogen) atoms. The van der Waals surface area contributed by atoms with Gasteiger partial charge in [-0.05, 0) is 92.7 Å². The number of ether oxygens (including phenoxy) is 1. The van der Waals surface area contributed by atoms with Crippen molar-refractivity contribution in [3.63, 3.8) is 0 Å². The molecule has 1 spiro atoms. The molecule has 0 radical (unpaired) electrons. The number of aromatic amines is 3. The molecule has 3 aromatic rings. The number of nitrogens with one attached hydrogen (secondary N) is 4. The van der Waals surface area contributed by atoms with Crippen LogP contribution < -0.4 is 16.0 Å². The Morgan fingerprint density at radius 3 is 2.28 bits per heavy atom. The molecule has 0 aliphatic carbocycles. The van der Waals surface area contributed by atoms with Crippen LogP contribution >= 0.6 is 0 Å². The van der Waals surface area contributed by atoms with Crippen LogP contribution in [0.1, 0.15) is 89.3 Å². The average molecular weight is 583 g/mol. The first-order chi connectivity index (χ1) is 20.4. The number of hydrogen-bond acceptors (Lipinski definition) is 5. The van der Waals surface area contributed by atoms with Gasteiger partial charge in [0.15, 0.2) is 5.60 Å². The number of carboxylic acids is 1. The van der Waals surface area contributed by atoms with Crippen LogP contribution in [0.2, 0.25) is 0 Å². The van der Waals surface area contributed by atoms with Crippen molar-refractivity contribution in [1.29, 1.82) is 0 Å². The highest BCUT2D eigenvalue weighted by Gasteiger charge is 2.63. The number of rotatable bonds is 5. The van der Waals surface area contributed by atoms with Gasteiger partial charge in [0.05, 0.1) is 11.4 Å². The van der Waals surface area contributed by atoms with E-state index >= 15 is 0 Å². The molecule has 224 valence electrons. The molecular weight excluding hydrogens is 544 g/mol. The van der Waals surface area contributed by atoms with E-state index in [1.807, 2.05) is 26.0 Å². The van der Waals surface area contributed by atoms with Crippen molar-refractivity contribution in [1.82, 2.24) is 20.3 Å². The molecule has 6 rings (SSSR count). The van der Waals surface area contributed by atoms with E-state index in [1.165, 1.54) is 5.56 Å². The van der Waals surface area contributed by atoms with E-state index in [0.29, 0.717) is 29.9 Å². The van der Waals surface area contributed by atoms with E-state index in [2.05, 4.69) is 52.8 Å². The number of aliphatic hydroxyl groups is 1. The monoisotopic (exact) mass is 582 g/mol. The van der Waals surface area contributed by atoms with Crippen LogP contribution in [0.25, 0.3) is 30.4 Å². The Hall–Kier alpha value is -4.50. The Kier molecular flexibility index (Phi) is 6.69. The lowest BCUT2D eigenvalue weighted by Crippen LogP contribution is -2.49. The zero-order valence-corrected chi connectivity index (χ0v) is 25.2. The lowest BCUT2D eigenvalue weighted by Gasteiger charge is -2.34. The second-order valence-corrected chi connectivity index (χ2v) is 12.0. The number of aromatic nitrogens is 3. The van der Waals surface area contributed by atoms with Crippen LogP contribution in [0.4, 0.5) is 0 Å². The number of carbonyl (C=O) groups excluding carboxylic acids is 1. The van der Waals surface area contributed by atoms with Crippen LogP contribution in [0.5, 0.6) is 0 Å². The Balaban J connectivity index is 1.71. The molecule has 8 bridgehead atoms. The summed E-state index contributed by atoms with van der Waals surface area (Å²) in [7, 11) is 0. The van der Waals surface area contributed by atoms with Gasteiger partial charge in [-0.3, -0.25) is 9.59 Å². The van der Waals surface area contributed by atoms with Crippen molar-refractivity contribution in [2.45, 2.75) is 77.9 Å². The molecule has 3 aliphatic heterocycles. The molecule has 3 aliphatic rings. The normalized spacial score (nSPS) is 26.4. The van der Waals surface area contributed by atoms with E-state index in [-0.39, 0.29) is 18.8 Å². The Bertz CT molecular complexity index is 1890. The first-order valence-corrected chi connectivity index (χ1v) is 14.7. The summed E-state index contributed by atoms with van der Waals surface area (Å²) in [6, 6.07) is 0. The SMILES string of the molecule is C=Cc1c2[nH]c(c1C)/C=c1\[nH]/c(c(C)c1CC)=C\c1[nH]c(c(CCC(=O)O)c1C)/C=C1\N/C(=C\2)C(C)(O)C12CCC(=O)O2. The van der Waals surface area contributed by atoms with Gasteiger partial charge in [-0.25, -0.2) is 0 Å². The summed E-state index contributed by atoms with van der Waals surface area (Å²) in [6.45, 7) is 14.0. The van der Waals surface area contributed by atoms with Crippen molar-refractivity contribution in [3.8, 4) is 0 Å². The van der Waals surface area contributed by atoms with Gasteiger partial charge in [0.25, 0.3) is 0 Å². The first kappa shape index (κ1) is 28.6. The lowest BCUT2D eigenvalue weighted by molar-refractivity contribution is -0.158. The van der Waals surface area contributed by atoms with Crippen molar-refractivity contribution in [2.75, 3.05) is 0 Å². The summed E-state index contributed by atoms with van der Waals surface area (Å²) in [5.41, 5.74) is 7.42. The number of carbonyl (C=O) groups is 2. The fourth-order valence-corrected chi connectivity index (χ4v) is 6.94. The van der Waals surface area contributed by atoms with Gasteiger partial charge in [0.2, 0.25) is 0 Å². The number of carboxylic acid groups (broad SMARTS) is 1. The smallest absolute Gasteiger partial charge is 0.307 e. The first-order valence-electron chi connectivity index (χ1n) is 14.7. The van der Waals surface area contributed by atoms with Gasteiger partial charge in [-0.15, -0.1) is 0 Å². The van der Waals surface area contributed by atoms with Crippen LogP contribution in [-0.2, 0) is 27.2 Å². The average Bonchev–Trinajstić information content (AvgIpc) is 3.69. The molecule has 9 heteroatoms. The third-order valence-corrected chi connectivity index (χ3v) is 9.56. The number of esters is 1. The van der Waals surface area contributed by atoms with E-state index in [9.17, 15) is 19.8 Å². The lowest BCUT2D eigenvalue weighted by atomic mass is 9.80. The van der Waals surface area contributed by atoms with E-state index in [0.717, 1.165) is 62.0 Å². The van der Waals surface area contributed by atoms with E-state index < -0.39 is 17.2 Å². The van der Waals surface area contributed by atoms with E-state index in [4.69, 9.17) is 4.74 Å². The molecular formula is C34H38N4O5. The maximum Gasteiger partial charge on any atom is 0.307 e. The maximum atomic E-state index is 12.6. The largest absolute Gasteiger partial charge is 0.481 e. The predicted molar refractivity (Wildman–Crippen MR) is 166 cm³/mol. The molecule has 0 aromatic carbocycles. The van der Waals surface area contributed by atoms with Crippen LogP contribution in [0.15, 0.2) is 18.0 Å². The zero-order valence-electron chi connectivity index (χ0n) is 25.2. The number of aliphatic carboxylic acids is 1. The summed E-state index contributed by atoms with van der Waals surface area (Å²) in [4.78, 5) is 34.8. The number of fused-ring (bicyclic) bond motifs is 9. The second-order valence-electron chi connectivity index (χ2n) is 12.0. The van der Waals surface area contributed by atoms with Crippen LogP contribution in [0, 0.1) is 20.8 Å². The van der Waals surface area contributed by atoms with Crippen LogP contribution in [-0.4, -0.2) is 48.3 Å². The van der Waals surface area contributed by atoms with Crippen LogP contribution in [0.3, 0.4) is 0 Å². The summed E-state index contributed by atoms with van der Waals surface area (Å²) < 4.78 is 5.96. The summed E-state index contributed by atoms with van der Waals surface area (Å²) in [5, 5.41) is 27.0.